The zero-order chi connectivity index (χ0) is 12.3. The van der Waals surface area contributed by atoms with E-state index in [1.807, 2.05) is 0 Å². The Labute approximate surface area is 97.1 Å². The number of carbonyl (C=O) groups is 1. The summed E-state index contributed by atoms with van der Waals surface area (Å²) in [6, 6.07) is 4.30. The van der Waals surface area contributed by atoms with E-state index in [0.717, 1.165) is 0 Å². The van der Waals surface area contributed by atoms with Crippen molar-refractivity contribution in [3.05, 3.63) is 42.5 Å². The summed E-state index contributed by atoms with van der Waals surface area (Å²) in [7, 11) is 0. The molecule has 2 rings (SSSR count). The molecule has 1 aromatic carbocycles. The molecule has 1 aromatic heterocycles. The van der Waals surface area contributed by atoms with Crippen molar-refractivity contribution in [2.75, 3.05) is 11.1 Å². The Morgan fingerprint density at radius 1 is 1.35 bits per heavy atom. The number of nitrogens with zero attached hydrogens (tertiary/aromatic N) is 2. The van der Waals surface area contributed by atoms with Crippen molar-refractivity contribution < 1.29 is 9.90 Å². The topological polar surface area (TPSA) is 101 Å². The Bertz CT molecular complexity index is 542. The molecule has 0 aliphatic rings. The fraction of sp³-hybridized carbons (Fsp3) is 0. The van der Waals surface area contributed by atoms with E-state index in [1.165, 1.54) is 36.8 Å². The summed E-state index contributed by atoms with van der Waals surface area (Å²) in [5.74, 6) is -0.365. The first-order chi connectivity index (χ1) is 8.16. The maximum Gasteiger partial charge on any atom is 0.275 e. The number of anilines is 2. The normalized spacial score (nSPS) is 9.88. The van der Waals surface area contributed by atoms with Crippen LogP contribution in [0.2, 0.25) is 0 Å². The average molecular weight is 230 g/mol. The molecule has 1 heterocycles. The number of benzene rings is 1. The Morgan fingerprint density at radius 2 is 2.18 bits per heavy atom. The number of phenols is 1. The van der Waals surface area contributed by atoms with Crippen LogP contribution >= 0.6 is 0 Å². The number of carbonyl (C=O) groups excluding carboxylic acids is 1. The van der Waals surface area contributed by atoms with Crippen LogP contribution < -0.4 is 11.1 Å². The second-order valence-electron chi connectivity index (χ2n) is 3.32. The smallest absolute Gasteiger partial charge is 0.275 e. The Hall–Kier alpha value is -2.63. The standard InChI is InChI=1S/C11H10N4O2/c12-8-5-7(16)1-2-9(8)15-11(17)10-6-13-3-4-14-10/h1-6,16H,12H2,(H,15,17). The highest BCUT2D eigenvalue weighted by Crippen LogP contribution is 2.23. The molecule has 0 aliphatic heterocycles. The van der Waals surface area contributed by atoms with E-state index in [9.17, 15) is 9.90 Å². The number of hydrogen-bond acceptors (Lipinski definition) is 5. The number of rotatable bonds is 2. The summed E-state index contributed by atoms with van der Waals surface area (Å²) in [5.41, 5.74) is 6.53. The first-order valence-corrected chi connectivity index (χ1v) is 4.82. The molecule has 2 aromatic rings. The molecule has 0 unspecified atom stereocenters. The van der Waals surface area contributed by atoms with Crippen molar-refractivity contribution >= 4 is 17.3 Å². The largest absolute Gasteiger partial charge is 0.508 e. The first kappa shape index (κ1) is 10.9. The summed E-state index contributed by atoms with van der Waals surface area (Å²) in [6.45, 7) is 0. The highest BCUT2D eigenvalue weighted by Gasteiger charge is 2.09. The SMILES string of the molecule is Nc1cc(O)ccc1NC(=O)c1cnccn1. The molecule has 0 radical (unpaired) electrons. The summed E-state index contributed by atoms with van der Waals surface area (Å²) < 4.78 is 0. The summed E-state index contributed by atoms with van der Waals surface area (Å²) in [4.78, 5) is 19.4. The van der Waals surface area contributed by atoms with Crippen molar-refractivity contribution in [1.29, 1.82) is 0 Å². The number of aromatic nitrogens is 2. The lowest BCUT2D eigenvalue weighted by Crippen LogP contribution is -2.14. The number of nitrogens with one attached hydrogen (secondary N) is 1. The molecule has 0 atom stereocenters. The van der Waals surface area contributed by atoms with Gasteiger partial charge in [0.15, 0.2) is 0 Å². The van der Waals surface area contributed by atoms with Crippen LogP contribution in [0.25, 0.3) is 0 Å². The van der Waals surface area contributed by atoms with Gasteiger partial charge in [0, 0.05) is 18.5 Å². The molecule has 17 heavy (non-hydrogen) atoms. The van der Waals surface area contributed by atoms with Crippen LogP contribution in [-0.2, 0) is 0 Å². The molecule has 0 saturated carbocycles. The molecular formula is C11H10N4O2. The third-order valence-electron chi connectivity index (χ3n) is 2.08. The Kier molecular flexibility index (Phi) is 2.87. The van der Waals surface area contributed by atoms with Gasteiger partial charge in [0.25, 0.3) is 5.91 Å². The van der Waals surface area contributed by atoms with Crippen LogP contribution in [0.1, 0.15) is 10.5 Å². The van der Waals surface area contributed by atoms with Gasteiger partial charge in [-0.05, 0) is 12.1 Å². The van der Waals surface area contributed by atoms with Gasteiger partial charge >= 0.3 is 0 Å². The van der Waals surface area contributed by atoms with E-state index >= 15 is 0 Å². The van der Waals surface area contributed by atoms with E-state index in [-0.39, 0.29) is 17.1 Å². The molecule has 86 valence electrons. The molecule has 1 amide bonds. The summed E-state index contributed by atoms with van der Waals surface area (Å²) >= 11 is 0. The third-order valence-corrected chi connectivity index (χ3v) is 2.08. The first-order valence-electron chi connectivity index (χ1n) is 4.82. The van der Waals surface area contributed by atoms with Crippen LogP contribution in [-0.4, -0.2) is 21.0 Å². The number of amides is 1. The van der Waals surface area contributed by atoms with E-state index < -0.39 is 5.91 Å². The van der Waals surface area contributed by atoms with Crippen molar-refractivity contribution in [3.8, 4) is 5.75 Å². The number of phenolic OH excluding ortho intramolecular Hbond substituents is 1. The van der Waals surface area contributed by atoms with Gasteiger partial charge in [-0.15, -0.1) is 0 Å². The number of aromatic hydroxyl groups is 1. The van der Waals surface area contributed by atoms with Gasteiger partial charge in [-0.2, -0.15) is 0 Å². The highest BCUT2D eigenvalue weighted by atomic mass is 16.3. The second-order valence-corrected chi connectivity index (χ2v) is 3.32. The van der Waals surface area contributed by atoms with Gasteiger partial charge in [-0.1, -0.05) is 0 Å². The fourth-order valence-electron chi connectivity index (χ4n) is 1.27. The van der Waals surface area contributed by atoms with E-state index in [2.05, 4.69) is 15.3 Å². The predicted octanol–water partition coefficient (Wildman–Crippen LogP) is 1.02. The molecule has 0 spiro atoms. The van der Waals surface area contributed by atoms with Gasteiger partial charge in [0.1, 0.15) is 11.4 Å². The lowest BCUT2D eigenvalue weighted by Gasteiger charge is -2.07. The monoisotopic (exact) mass is 230 g/mol. The van der Waals surface area contributed by atoms with E-state index in [1.54, 1.807) is 0 Å². The maximum absolute atomic E-state index is 11.7. The quantitative estimate of drug-likeness (QED) is 0.528. The second kappa shape index (κ2) is 4.48. The molecule has 4 N–H and O–H groups in total. The molecular weight excluding hydrogens is 220 g/mol. The van der Waals surface area contributed by atoms with Crippen LogP contribution in [0.4, 0.5) is 11.4 Å². The molecule has 0 fully saturated rings. The lowest BCUT2D eigenvalue weighted by molar-refractivity contribution is 0.102. The van der Waals surface area contributed by atoms with Gasteiger partial charge in [-0.3, -0.25) is 9.78 Å². The minimum absolute atomic E-state index is 0.0417. The predicted molar refractivity (Wildman–Crippen MR) is 62.5 cm³/mol. The van der Waals surface area contributed by atoms with Crippen LogP contribution in [0.3, 0.4) is 0 Å². The van der Waals surface area contributed by atoms with Crippen molar-refractivity contribution in [3.63, 3.8) is 0 Å². The van der Waals surface area contributed by atoms with E-state index in [4.69, 9.17) is 5.73 Å². The molecule has 0 aliphatic carbocycles. The fourth-order valence-corrected chi connectivity index (χ4v) is 1.27. The van der Waals surface area contributed by atoms with Crippen molar-refractivity contribution in [2.45, 2.75) is 0 Å². The van der Waals surface area contributed by atoms with Crippen LogP contribution in [0, 0.1) is 0 Å². The highest BCUT2D eigenvalue weighted by molar-refractivity contribution is 6.04. The average Bonchev–Trinajstić information content (AvgIpc) is 2.34. The minimum atomic E-state index is -0.407. The van der Waals surface area contributed by atoms with Crippen LogP contribution in [0.5, 0.6) is 5.75 Å². The van der Waals surface area contributed by atoms with Gasteiger partial charge < -0.3 is 16.2 Å². The number of nitrogens with two attached hydrogens (primary N) is 1. The third kappa shape index (κ3) is 2.49. The minimum Gasteiger partial charge on any atom is -0.508 e. The number of hydrogen-bond donors (Lipinski definition) is 3. The number of nitrogen functional groups attached to an aromatic ring is 1. The summed E-state index contributed by atoms with van der Waals surface area (Å²) in [5, 5.41) is 11.7. The molecule has 0 bridgehead atoms. The van der Waals surface area contributed by atoms with Crippen LogP contribution in [0.15, 0.2) is 36.8 Å². The Morgan fingerprint density at radius 3 is 2.82 bits per heavy atom. The lowest BCUT2D eigenvalue weighted by atomic mass is 10.2. The van der Waals surface area contributed by atoms with Crippen molar-refractivity contribution in [2.24, 2.45) is 0 Å². The van der Waals surface area contributed by atoms with E-state index in [0.29, 0.717) is 5.69 Å². The zero-order valence-corrected chi connectivity index (χ0v) is 8.79. The summed E-state index contributed by atoms with van der Waals surface area (Å²) in [6.07, 6.45) is 4.26. The van der Waals surface area contributed by atoms with Gasteiger partial charge in [-0.25, -0.2) is 4.98 Å². The molecule has 6 heteroatoms. The maximum atomic E-state index is 11.7. The zero-order valence-electron chi connectivity index (χ0n) is 8.79. The molecule has 6 nitrogen and oxygen atoms in total. The van der Waals surface area contributed by atoms with Crippen molar-refractivity contribution in [1.82, 2.24) is 9.97 Å². The van der Waals surface area contributed by atoms with Gasteiger partial charge in [0.2, 0.25) is 0 Å². The Balaban J connectivity index is 2.19. The van der Waals surface area contributed by atoms with Gasteiger partial charge in [0.05, 0.1) is 17.6 Å². The molecule has 0 saturated heterocycles.